The minimum absolute atomic E-state index is 0.0405. The summed E-state index contributed by atoms with van der Waals surface area (Å²) >= 11 is 2.51. The lowest BCUT2D eigenvalue weighted by Crippen LogP contribution is -2.58. The van der Waals surface area contributed by atoms with Gasteiger partial charge in [-0.2, -0.15) is 0 Å². The first-order valence-corrected chi connectivity index (χ1v) is 28.3. The van der Waals surface area contributed by atoms with E-state index in [0.717, 1.165) is 31.1 Å². The standard InChI is InChI=1S/C47H96N6O6P2S2/c1-34(2)50(35(3)4)60(58-29-28-57-33-63-45(55)42(15)43(16)48)52(38(9)10)40(13)22-23-41(14)53(39(11)12)61(51(36(5)6)37(7)8)59-32-56-30-31-62-44(54)24-27-49-46(17,18)25-21-26-47(49,19)20/h34-42,48H,21-33H2,1-20H3. The van der Waals surface area contributed by atoms with Crippen LogP contribution in [0.1, 0.15) is 177 Å². The van der Waals surface area contributed by atoms with Crippen LogP contribution in [-0.2, 0) is 28.1 Å². The predicted octanol–water partition coefficient (Wildman–Crippen LogP) is 12.3. The van der Waals surface area contributed by atoms with E-state index in [0.29, 0.717) is 37.7 Å². The zero-order valence-corrected chi connectivity index (χ0v) is 47.2. The Hall–Kier alpha value is 0.210. The zero-order chi connectivity index (χ0) is 48.4. The molecule has 63 heavy (non-hydrogen) atoms. The lowest BCUT2D eigenvalue weighted by Gasteiger charge is -2.53. The zero-order valence-electron chi connectivity index (χ0n) is 43.8. The number of nitrogens with one attached hydrogen (secondary N) is 1. The highest BCUT2D eigenvalue weighted by Crippen LogP contribution is 2.53. The van der Waals surface area contributed by atoms with Crippen LogP contribution in [0.2, 0.25) is 0 Å². The fraction of sp³-hybridized carbons (Fsp3) is 0.936. The molecule has 0 radical (unpaired) electrons. The number of carbonyl (C=O) groups is 2. The van der Waals surface area contributed by atoms with Crippen molar-refractivity contribution in [2.24, 2.45) is 5.92 Å². The van der Waals surface area contributed by atoms with Gasteiger partial charge in [-0.3, -0.25) is 14.5 Å². The summed E-state index contributed by atoms with van der Waals surface area (Å²) in [6.45, 7) is 46.7. The number of ether oxygens (including phenoxy) is 2. The van der Waals surface area contributed by atoms with Gasteiger partial charge in [0.2, 0.25) is 0 Å². The second kappa shape index (κ2) is 30.0. The Morgan fingerprint density at radius 1 is 0.635 bits per heavy atom. The molecule has 1 aliphatic rings. The number of hydrogen-bond donors (Lipinski definition) is 1. The van der Waals surface area contributed by atoms with E-state index in [4.69, 9.17) is 23.9 Å². The second-order valence-corrected chi connectivity index (χ2v) is 25.8. The average Bonchev–Trinajstić information content (AvgIpc) is 3.14. The molecule has 1 N–H and O–H groups in total. The molecule has 5 unspecified atom stereocenters. The van der Waals surface area contributed by atoms with Gasteiger partial charge in [0.05, 0.1) is 31.7 Å². The summed E-state index contributed by atoms with van der Waals surface area (Å²) in [5.74, 6) is 0.474. The topological polar surface area (TPSA) is 111 Å². The normalized spacial score (nSPS) is 18.6. The van der Waals surface area contributed by atoms with Crippen molar-refractivity contribution in [2.75, 3.05) is 44.9 Å². The van der Waals surface area contributed by atoms with Crippen molar-refractivity contribution >= 4 is 56.4 Å². The summed E-state index contributed by atoms with van der Waals surface area (Å²) in [5.41, 5.74) is 0.598. The maximum atomic E-state index is 13.0. The van der Waals surface area contributed by atoms with Crippen molar-refractivity contribution in [3.8, 4) is 0 Å². The Morgan fingerprint density at radius 2 is 1.08 bits per heavy atom. The van der Waals surface area contributed by atoms with Crippen LogP contribution in [0, 0.1) is 11.3 Å². The van der Waals surface area contributed by atoms with Crippen LogP contribution in [0.25, 0.3) is 0 Å². The molecule has 0 aliphatic carbocycles. The molecule has 1 saturated heterocycles. The summed E-state index contributed by atoms with van der Waals surface area (Å²) in [6, 6.07) is 2.09. The minimum Gasteiger partial charge on any atom is -0.368 e. The second-order valence-electron chi connectivity index (χ2n) is 20.3. The van der Waals surface area contributed by atoms with Crippen molar-refractivity contribution in [3.05, 3.63) is 0 Å². The molecular weight excluding hydrogens is 871 g/mol. The van der Waals surface area contributed by atoms with Crippen LogP contribution >= 0.6 is 40.4 Å². The third-order valence-electron chi connectivity index (χ3n) is 11.9. The van der Waals surface area contributed by atoms with Crippen LogP contribution in [0.4, 0.5) is 0 Å². The average molecular weight is 967 g/mol. The highest BCUT2D eigenvalue weighted by Gasteiger charge is 2.41. The molecule has 0 bridgehead atoms. The van der Waals surface area contributed by atoms with Gasteiger partial charge in [0, 0.05) is 83.8 Å². The first kappa shape index (κ1) is 61.2. The van der Waals surface area contributed by atoms with E-state index in [1.807, 2.05) is 0 Å². The number of likely N-dealkylation sites (tertiary alicyclic amines) is 1. The molecule has 0 spiro atoms. The Bertz CT molecular complexity index is 1300. The number of nitrogens with zero attached hydrogens (tertiary/aromatic N) is 5. The number of hydrogen-bond acceptors (Lipinski definition) is 14. The fourth-order valence-corrected chi connectivity index (χ4v) is 15.0. The molecule has 1 aliphatic heterocycles. The Kier molecular flexibility index (Phi) is 29.1. The number of piperidine rings is 1. The molecule has 1 fully saturated rings. The van der Waals surface area contributed by atoms with Gasteiger partial charge in [-0.15, -0.1) is 0 Å². The predicted molar refractivity (Wildman–Crippen MR) is 275 cm³/mol. The van der Waals surface area contributed by atoms with Crippen molar-refractivity contribution in [3.63, 3.8) is 0 Å². The summed E-state index contributed by atoms with van der Waals surface area (Å²) in [7, 11) is -2.29. The summed E-state index contributed by atoms with van der Waals surface area (Å²) < 4.78 is 35.7. The Morgan fingerprint density at radius 3 is 1.51 bits per heavy atom. The molecule has 16 heteroatoms. The molecular formula is C47H96N6O6P2S2. The minimum atomic E-state index is -1.16. The number of rotatable bonds is 32. The molecule has 0 aromatic carbocycles. The molecule has 0 aromatic heterocycles. The van der Waals surface area contributed by atoms with E-state index >= 15 is 0 Å². The third kappa shape index (κ3) is 20.8. The highest BCUT2D eigenvalue weighted by molar-refractivity contribution is 8.13. The van der Waals surface area contributed by atoms with Gasteiger partial charge in [0.1, 0.15) is 0 Å². The quantitative estimate of drug-likeness (QED) is 0.0299. The first-order valence-electron chi connectivity index (χ1n) is 24.0. The molecule has 1 rings (SSSR count). The number of thioether (sulfide) groups is 2. The van der Waals surface area contributed by atoms with Gasteiger partial charge >= 0.3 is 0 Å². The highest BCUT2D eigenvalue weighted by atomic mass is 32.2. The van der Waals surface area contributed by atoms with E-state index in [-0.39, 0.29) is 82.4 Å². The van der Waals surface area contributed by atoms with Crippen LogP contribution in [-0.4, -0.2) is 144 Å². The third-order valence-corrected chi connectivity index (χ3v) is 19.6. The van der Waals surface area contributed by atoms with E-state index in [1.54, 1.807) is 13.8 Å². The SMILES string of the molecule is CC(=N)C(C)C(=O)SCOCCOP(N(C(C)C)C(C)C)N(C(C)C)C(C)CCC(C)N(C(C)C)P(OCOCCSC(=O)CCN1C(C)(C)CCCC1(C)C)N(C(C)C)C(C)C. The van der Waals surface area contributed by atoms with Crippen molar-refractivity contribution in [1.82, 2.24) is 23.6 Å². The van der Waals surface area contributed by atoms with Gasteiger partial charge in [0.25, 0.3) is 0 Å². The van der Waals surface area contributed by atoms with Crippen molar-refractivity contribution in [1.29, 1.82) is 5.41 Å². The molecule has 0 aromatic rings. The summed E-state index contributed by atoms with van der Waals surface area (Å²) in [4.78, 5) is 27.9. The van der Waals surface area contributed by atoms with Crippen LogP contribution in [0.3, 0.4) is 0 Å². The first-order chi connectivity index (χ1) is 29.2. The van der Waals surface area contributed by atoms with Crippen molar-refractivity contribution in [2.45, 2.75) is 236 Å². The van der Waals surface area contributed by atoms with E-state index < -0.39 is 22.8 Å². The van der Waals surface area contributed by atoms with Crippen molar-refractivity contribution < 1.29 is 28.1 Å². The largest absolute Gasteiger partial charge is 0.368 e. The molecule has 1 heterocycles. The monoisotopic (exact) mass is 967 g/mol. The van der Waals surface area contributed by atoms with E-state index in [9.17, 15) is 9.59 Å². The van der Waals surface area contributed by atoms with Gasteiger partial charge in [-0.05, 0) is 171 Å². The van der Waals surface area contributed by atoms with E-state index in [1.165, 1.54) is 31.0 Å². The Labute approximate surface area is 398 Å². The fourth-order valence-electron chi connectivity index (χ4n) is 8.90. The molecule has 12 nitrogen and oxygen atoms in total. The van der Waals surface area contributed by atoms with Crippen LogP contribution in [0.15, 0.2) is 0 Å². The number of carbonyl (C=O) groups excluding carboxylic acids is 2. The van der Waals surface area contributed by atoms with E-state index in [2.05, 4.69) is 148 Å². The Balaban J connectivity index is 3.04. The van der Waals surface area contributed by atoms with Gasteiger partial charge < -0.3 is 23.9 Å². The smallest absolute Gasteiger partial charge is 0.199 e. The maximum Gasteiger partial charge on any atom is 0.199 e. The molecule has 0 amide bonds. The molecule has 372 valence electrons. The summed E-state index contributed by atoms with van der Waals surface area (Å²) in [5, 5.41) is 7.96. The lowest BCUT2D eigenvalue weighted by atomic mass is 9.80. The van der Waals surface area contributed by atoms with Gasteiger partial charge in [-0.25, -0.2) is 18.7 Å². The van der Waals surface area contributed by atoms with Crippen LogP contribution in [0.5, 0.6) is 0 Å². The van der Waals surface area contributed by atoms with Crippen LogP contribution < -0.4 is 0 Å². The van der Waals surface area contributed by atoms with Gasteiger partial charge in [0.15, 0.2) is 33.9 Å². The summed E-state index contributed by atoms with van der Waals surface area (Å²) in [6.07, 6.45) is 6.10. The van der Waals surface area contributed by atoms with Gasteiger partial charge in [-0.1, -0.05) is 23.5 Å². The molecule has 0 saturated carbocycles. The maximum absolute atomic E-state index is 13.0. The molecule has 5 atom stereocenters. The lowest BCUT2D eigenvalue weighted by molar-refractivity contribution is -0.113.